The summed E-state index contributed by atoms with van der Waals surface area (Å²) in [4.78, 5) is 41.3. The van der Waals surface area contributed by atoms with Gasteiger partial charge in [-0.25, -0.2) is 15.0 Å². The molecule has 2 aromatic heterocycles. The fraction of sp³-hybridized carbons (Fsp3) is 0.182. The van der Waals surface area contributed by atoms with Crippen LogP contribution in [-0.2, 0) is 4.79 Å². The number of hydrogen-bond donors (Lipinski definition) is 3. The third-order valence-electron chi connectivity index (χ3n) is 5.42. The van der Waals surface area contributed by atoms with Crippen molar-refractivity contribution in [2.45, 2.75) is 19.4 Å². The third kappa shape index (κ3) is 3.82. The molecular formula is C22H22N8O2S. The topological polar surface area (TPSA) is 155 Å². The van der Waals surface area contributed by atoms with Crippen molar-refractivity contribution in [3.05, 3.63) is 58.4 Å². The number of benzene rings is 1. The minimum Gasteiger partial charge on any atom is -0.396 e. The number of hydrogen-bond acceptors (Lipinski definition) is 9. The number of aromatic nitrogens is 3. The molecule has 1 atom stereocenters. The molecule has 0 bridgehead atoms. The lowest BCUT2D eigenvalue weighted by molar-refractivity contribution is -0.119. The molecule has 0 radical (unpaired) electrons. The number of likely N-dealkylation sites (N-methyl/N-ethyl adjacent to an activating group) is 1. The molecule has 5 N–H and O–H groups in total. The van der Waals surface area contributed by atoms with Crippen molar-refractivity contribution in [1.82, 2.24) is 15.0 Å². The molecule has 0 saturated carbocycles. The number of nitrogens with zero attached hydrogens (tertiary/aromatic N) is 5. The van der Waals surface area contributed by atoms with E-state index in [1.807, 2.05) is 11.8 Å². The predicted molar refractivity (Wildman–Crippen MR) is 129 cm³/mol. The van der Waals surface area contributed by atoms with Crippen LogP contribution in [-0.4, -0.2) is 46.1 Å². The summed E-state index contributed by atoms with van der Waals surface area (Å²) in [5, 5.41) is 10.3. The molecule has 11 heteroatoms. The lowest BCUT2D eigenvalue weighted by Gasteiger charge is -2.40. The number of fused-ring (bicyclic) bond motifs is 1. The summed E-state index contributed by atoms with van der Waals surface area (Å²) in [5.74, 6) is 0.0943. The third-order valence-corrected chi connectivity index (χ3v) is 6.23. The Balaban J connectivity index is 1.90. The van der Waals surface area contributed by atoms with E-state index in [0.29, 0.717) is 45.5 Å². The van der Waals surface area contributed by atoms with Crippen LogP contribution in [0.25, 0.3) is 11.3 Å². The maximum absolute atomic E-state index is 13.1. The van der Waals surface area contributed by atoms with Crippen molar-refractivity contribution in [1.29, 1.82) is 5.41 Å². The molecule has 168 valence electrons. The molecule has 1 aromatic carbocycles. The molecule has 3 heterocycles. The first kappa shape index (κ1) is 22.1. The Morgan fingerprint density at radius 1 is 1.24 bits per heavy atom. The maximum atomic E-state index is 13.1. The van der Waals surface area contributed by atoms with Crippen molar-refractivity contribution >= 4 is 57.8 Å². The molecule has 4 rings (SSSR count). The van der Waals surface area contributed by atoms with Crippen LogP contribution in [0.1, 0.15) is 34.5 Å². The van der Waals surface area contributed by atoms with E-state index in [1.165, 1.54) is 16.2 Å². The van der Waals surface area contributed by atoms with Gasteiger partial charge in [-0.05, 0) is 30.7 Å². The molecule has 1 aliphatic rings. The van der Waals surface area contributed by atoms with Crippen LogP contribution in [0.5, 0.6) is 0 Å². The van der Waals surface area contributed by atoms with E-state index in [0.717, 1.165) is 6.21 Å². The van der Waals surface area contributed by atoms with E-state index >= 15 is 0 Å². The summed E-state index contributed by atoms with van der Waals surface area (Å²) in [6, 6.07) is 6.15. The van der Waals surface area contributed by atoms with Gasteiger partial charge in [0.05, 0.1) is 17.5 Å². The van der Waals surface area contributed by atoms with Crippen molar-refractivity contribution in [2.75, 3.05) is 16.8 Å². The van der Waals surface area contributed by atoms with Gasteiger partial charge >= 0.3 is 0 Å². The highest BCUT2D eigenvalue weighted by Crippen LogP contribution is 2.40. The van der Waals surface area contributed by atoms with Crippen molar-refractivity contribution in [3.63, 3.8) is 0 Å². The van der Waals surface area contributed by atoms with E-state index in [1.54, 1.807) is 49.1 Å². The Morgan fingerprint density at radius 3 is 2.55 bits per heavy atom. The van der Waals surface area contributed by atoms with E-state index in [9.17, 15) is 9.59 Å². The average Bonchev–Trinajstić information content (AvgIpc) is 3.36. The number of amides is 2. The number of carbonyl (C=O) groups is 2. The van der Waals surface area contributed by atoms with Gasteiger partial charge in [-0.1, -0.05) is 6.92 Å². The number of carbonyl (C=O) groups excluding carboxylic acids is 2. The van der Waals surface area contributed by atoms with Crippen LogP contribution in [0, 0.1) is 5.41 Å². The number of nitrogens with two attached hydrogens (primary N) is 2. The number of primary amides is 1. The van der Waals surface area contributed by atoms with Crippen LogP contribution < -0.4 is 21.3 Å². The lowest BCUT2D eigenvalue weighted by Crippen LogP contribution is -2.50. The molecule has 0 aliphatic carbocycles. The molecule has 2 amide bonds. The number of anilines is 3. The largest absolute Gasteiger partial charge is 0.396 e. The Morgan fingerprint density at radius 2 is 1.97 bits per heavy atom. The standard InChI is InChI=1S/C22H22N8O2S/c1-3-15-22(32)29(2)16-11-27-19(14(10-23)17(24)21-26-8-9-33-21)28-20(16)30(15)13-6-4-12(5-7-13)18(25)31/h4-11,15,23H,3,24H2,1-2H3,(H2,25,31)/b17-14+,23-10?. The first-order chi connectivity index (χ1) is 15.9. The van der Waals surface area contributed by atoms with Crippen molar-refractivity contribution in [2.24, 2.45) is 11.5 Å². The molecule has 33 heavy (non-hydrogen) atoms. The summed E-state index contributed by atoms with van der Waals surface area (Å²) in [5.41, 5.74) is 13.8. The van der Waals surface area contributed by atoms with Gasteiger partial charge in [0.1, 0.15) is 16.7 Å². The summed E-state index contributed by atoms with van der Waals surface area (Å²) < 4.78 is 0. The summed E-state index contributed by atoms with van der Waals surface area (Å²) >= 11 is 1.35. The number of nitrogens with one attached hydrogen (secondary N) is 1. The van der Waals surface area contributed by atoms with Crippen LogP contribution in [0.2, 0.25) is 0 Å². The van der Waals surface area contributed by atoms with Crippen LogP contribution >= 0.6 is 11.3 Å². The number of thiazole rings is 1. The van der Waals surface area contributed by atoms with Gasteiger partial charge in [0.25, 0.3) is 0 Å². The maximum Gasteiger partial charge on any atom is 0.250 e. The first-order valence-corrected chi connectivity index (χ1v) is 11.0. The molecule has 10 nitrogen and oxygen atoms in total. The Kier molecular flexibility index (Phi) is 5.88. The number of rotatable bonds is 6. The second-order valence-electron chi connectivity index (χ2n) is 7.31. The fourth-order valence-corrected chi connectivity index (χ4v) is 4.30. The SMILES string of the molecule is CCC1C(=O)N(C)c2cnc(/C(C=N)=C(/N)c3nccs3)nc2N1c1ccc(C(N)=O)cc1. The van der Waals surface area contributed by atoms with Crippen LogP contribution in [0.3, 0.4) is 0 Å². The van der Waals surface area contributed by atoms with Gasteiger partial charge in [-0.15, -0.1) is 11.3 Å². The zero-order chi connectivity index (χ0) is 23.7. The second kappa shape index (κ2) is 8.79. The van der Waals surface area contributed by atoms with Gasteiger partial charge in [-0.2, -0.15) is 0 Å². The second-order valence-corrected chi connectivity index (χ2v) is 8.21. The average molecular weight is 463 g/mol. The number of allylic oxidation sites excluding steroid dienone is 1. The molecule has 3 aromatic rings. The minimum absolute atomic E-state index is 0.106. The zero-order valence-electron chi connectivity index (χ0n) is 18.0. The van der Waals surface area contributed by atoms with Crippen molar-refractivity contribution in [3.8, 4) is 0 Å². The Bertz CT molecular complexity index is 1250. The molecular weight excluding hydrogens is 440 g/mol. The van der Waals surface area contributed by atoms with Crippen molar-refractivity contribution < 1.29 is 9.59 Å². The highest BCUT2D eigenvalue weighted by Gasteiger charge is 2.38. The monoisotopic (exact) mass is 462 g/mol. The van der Waals surface area contributed by atoms with Gasteiger partial charge < -0.3 is 26.7 Å². The molecule has 1 unspecified atom stereocenters. The van der Waals surface area contributed by atoms with Crippen LogP contribution in [0.15, 0.2) is 42.0 Å². The highest BCUT2D eigenvalue weighted by molar-refractivity contribution is 7.10. The molecule has 0 spiro atoms. The normalized spacial score (nSPS) is 16.3. The van der Waals surface area contributed by atoms with Crippen LogP contribution in [0.4, 0.5) is 17.2 Å². The Labute approximate surface area is 194 Å². The quantitative estimate of drug-likeness (QED) is 0.475. The molecule has 0 saturated heterocycles. The van der Waals surface area contributed by atoms with Gasteiger partial charge in [-0.3, -0.25) is 9.59 Å². The first-order valence-electron chi connectivity index (χ1n) is 10.1. The van der Waals surface area contributed by atoms with Gasteiger partial charge in [0.2, 0.25) is 11.8 Å². The predicted octanol–water partition coefficient (Wildman–Crippen LogP) is 2.40. The lowest BCUT2D eigenvalue weighted by atomic mass is 10.0. The van der Waals surface area contributed by atoms with Gasteiger partial charge in [0.15, 0.2) is 11.6 Å². The van der Waals surface area contributed by atoms with E-state index in [4.69, 9.17) is 21.9 Å². The molecule has 1 aliphatic heterocycles. The summed E-state index contributed by atoms with van der Waals surface area (Å²) in [6.07, 6.45) is 4.80. The Hall–Kier alpha value is -4.12. The zero-order valence-corrected chi connectivity index (χ0v) is 18.8. The smallest absolute Gasteiger partial charge is 0.250 e. The molecule has 0 fully saturated rings. The summed E-state index contributed by atoms with van der Waals surface area (Å²) in [7, 11) is 1.68. The minimum atomic E-state index is -0.536. The summed E-state index contributed by atoms with van der Waals surface area (Å²) in [6.45, 7) is 1.91. The fourth-order valence-electron chi connectivity index (χ4n) is 3.69. The van der Waals surface area contributed by atoms with E-state index < -0.39 is 11.9 Å². The highest BCUT2D eigenvalue weighted by atomic mass is 32.1. The van der Waals surface area contributed by atoms with E-state index in [2.05, 4.69) is 9.97 Å². The van der Waals surface area contributed by atoms with Gasteiger partial charge in [0, 0.05) is 36.1 Å². The van der Waals surface area contributed by atoms with E-state index in [-0.39, 0.29) is 11.7 Å².